The standard InChI is InChI=1S/C59H107NO8/c1-3-5-7-9-11-13-15-17-19-21-22-23-24-25-26-27-28-29-30-31-32-33-34-36-38-40-42-44-46-48-53(62)52(51-67-59-58(66)57(65)56(64)54(50-61)68-59)60-55(63)49-47-45-43-41-39-37-35-20-18-16-14-12-10-8-6-4-2/h14,16,20,32-33,35,38,40,46,48,52-54,56-59,61-62,64-66H,3-13,15,17-19,21-31,34,36-37,39,41-45,47,49-51H2,1-2H3,(H,60,63)/b16-14-,33-32+,35-20-,40-38+,48-46+. The highest BCUT2D eigenvalue weighted by molar-refractivity contribution is 5.76. The molecule has 0 aromatic rings. The summed E-state index contributed by atoms with van der Waals surface area (Å²) in [4.78, 5) is 13.0. The fourth-order valence-electron chi connectivity index (χ4n) is 8.75. The van der Waals surface area contributed by atoms with Gasteiger partial charge in [-0.2, -0.15) is 0 Å². The van der Waals surface area contributed by atoms with Crippen LogP contribution in [0.1, 0.15) is 251 Å². The maximum Gasteiger partial charge on any atom is 0.220 e. The van der Waals surface area contributed by atoms with Crippen LogP contribution < -0.4 is 5.32 Å². The van der Waals surface area contributed by atoms with Gasteiger partial charge in [-0.25, -0.2) is 0 Å². The van der Waals surface area contributed by atoms with Gasteiger partial charge in [-0.05, 0) is 77.0 Å². The predicted octanol–water partition coefficient (Wildman–Crippen LogP) is 13.9. The number of hydrogen-bond donors (Lipinski definition) is 6. The zero-order valence-electron chi connectivity index (χ0n) is 43.9. The van der Waals surface area contributed by atoms with Crippen molar-refractivity contribution in [1.29, 1.82) is 0 Å². The molecular weight excluding hydrogens is 851 g/mol. The minimum atomic E-state index is -1.58. The molecule has 0 saturated carbocycles. The van der Waals surface area contributed by atoms with Gasteiger partial charge in [0.05, 0.1) is 25.4 Å². The van der Waals surface area contributed by atoms with Crippen molar-refractivity contribution in [2.45, 2.75) is 294 Å². The first-order valence-corrected chi connectivity index (χ1v) is 28.5. The molecule has 1 amide bonds. The Balaban J connectivity index is 2.26. The lowest BCUT2D eigenvalue weighted by Crippen LogP contribution is -2.60. The van der Waals surface area contributed by atoms with Gasteiger partial charge in [-0.15, -0.1) is 0 Å². The molecule has 7 unspecified atom stereocenters. The molecule has 1 rings (SSSR count). The fraction of sp³-hybridized carbons (Fsp3) is 0.814. The van der Waals surface area contributed by atoms with Crippen LogP contribution in [0.3, 0.4) is 0 Å². The third kappa shape index (κ3) is 37.7. The number of allylic oxidation sites excluding steroid dienone is 9. The second-order valence-corrected chi connectivity index (χ2v) is 19.7. The Morgan fingerprint density at radius 2 is 0.882 bits per heavy atom. The molecule has 1 saturated heterocycles. The molecule has 1 aliphatic rings. The normalized spacial score (nSPS) is 20.0. The topological polar surface area (TPSA) is 149 Å². The Morgan fingerprint density at radius 1 is 0.500 bits per heavy atom. The fourth-order valence-corrected chi connectivity index (χ4v) is 8.75. The summed E-state index contributed by atoms with van der Waals surface area (Å²) >= 11 is 0. The Kier molecular flexibility index (Phi) is 45.6. The molecule has 0 radical (unpaired) electrons. The Morgan fingerprint density at radius 3 is 1.34 bits per heavy atom. The number of rotatable bonds is 48. The molecule has 396 valence electrons. The molecule has 9 nitrogen and oxygen atoms in total. The van der Waals surface area contributed by atoms with E-state index in [0.717, 1.165) is 70.6 Å². The van der Waals surface area contributed by atoms with E-state index >= 15 is 0 Å². The van der Waals surface area contributed by atoms with E-state index < -0.39 is 49.5 Å². The van der Waals surface area contributed by atoms with Crippen molar-refractivity contribution < 1.29 is 39.8 Å². The van der Waals surface area contributed by atoms with E-state index in [2.05, 4.69) is 67.8 Å². The van der Waals surface area contributed by atoms with E-state index in [1.54, 1.807) is 6.08 Å². The molecule has 0 spiro atoms. The van der Waals surface area contributed by atoms with Crippen LogP contribution >= 0.6 is 0 Å². The molecule has 0 aromatic heterocycles. The lowest BCUT2D eigenvalue weighted by molar-refractivity contribution is -0.302. The summed E-state index contributed by atoms with van der Waals surface area (Å²) in [6, 6.07) is -0.838. The highest BCUT2D eigenvalue weighted by Gasteiger charge is 2.44. The summed E-state index contributed by atoms with van der Waals surface area (Å²) in [7, 11) is 0. The summed E-state index contributed by atoms with van der Waals surface area (Å²) in [5.41, 5.74) is 0. The monoisotopic (exact) mass is 958 g/mol. The van der Waals surface area contributed by atoms with E-state index in [1.165, 1.54) is 161 Å². The first kappa shape index (κ1) is 63.9. The van der Waals surface area contributed by atoms with Crippen molar-refractivity contribution >= 4 is 5.91 Å². The Bertz CT molecular complexity index is 1250. The molecule has 6 N–H and O–H groups in total. The molecule has 0 aliphatic carbocycles. The van der Waals surface area contributed by atoms with Gasteiger partial charge in [0.2, 0.25) is 5.91 Å². The SMILES string of the molecule is CCCCCC/C=C\C/C=C\CCCCCCCC(=O)NC(COC1OC(CO)C(O)C(O)C1O)C(O)/C=C/CC/C=C/CC/C=C/CCCCCCCCCCCCCCCCCCCCC. The second-order valence-electron chi connectivity index (χ2n) is 19.7. The van der Waals surface area contributed by atoms with E-state index in [-0.39, 0.29) is 12.5 Å². The number of amides is 1. The molecule has 1 fully saturated rings. The average Bonchev–Trinajstić information content (AvgIpc) is 3.34. The summed E-state index contributed by atoms with van der Waals surface area (Å²) in [5, 5.41) is 54.4. The van der Waals surface area contributed by atoms with Crippen LogP contribution in [0.25, 0.3) is 0 Å². The lowest BCUT2D eigenvalue weighted by atomic mass is 9.99. The smallest absolute Gasteiger partial charge is 0.220 e. The van der Waals surface area contributed by atoms with Gasteiger partial charge in [0.1, 0.15) is 24.4 Å². The molecule has 0 aromatic carbocycles. The minimum absolute atomic E-state index is 0.205. The first-order chi connectivity index (χ1) is 33.3. The van der Waals surface area contributed by atoms with Gasteiger partial charge < -0.3 is 40.3 Å². The van der Waals surface area contributed by atoms with Crippen LogP contribution in [0.4, 0.5) is 0 Å². The molecule has 68 heavy (non-hydrogen) atoms. The summed E-state index contributed by atoms with van der Waals surface area (Å²) in [5.74, 6) is -0.205. The number of unbranched alkanes of at least 4 members (excludes halogenated alkanes) is 30. The van der Waals surface area contributed by atoms with Gasteiger partial charge in [0.25, 0.3) is 0 Å². The molecule has 9 heteroatoms. The summed E-state index contributed by atoms with van der Waals surface area (Å²) in [6.07, 6.45) is 58.7. The number of aliphatic hydroxyl groups is 5. The Labute approximate surface area is 417 Å². The van der Waals surface area contributed by atoms with Gasteiger partial charge in [0, 0.05) is 6.42 Å². The van der Waals surface area contributed by atoms with Crippen LogP contribution in [-0.2, 0) is 14.3 Å². The molecule has 1 aliphatic heterocycles. The largest absolute Gasteiger partial charge is 0.394 e. The molecular formula is C59H107NO8. The van der Waals surface area contributed by atoms with E-state index in [0.29, 0.717) is 6.42 Å². The van der Waals surface area contributed by atoms with Crippen molar-refractivity contribution in [2.24, 2.45) is 0 Å². The third-order valence-corrected chi connectivity index (χ3v) is 13.3. The van der Waals surface area contributed by atoms with Crippen LogP contribution in [-0.4, -0.2) is 87.5 Å². The quantitative estimate of drug-likeness (QED) is 0.0261. The molecule has 1 heterocycles. The number of aliphatic hydroxyl groups excluding tert-OH is 5. The van der Waals surface area contributed by atoms with Gasteiger partial charge in [0.15, 0.2) is 6.29 Å². The zero-order chi connectivity index (χ0) is 49.4. The maximum absolute atomic E-state index is 13.0. The van der Waals surface area contributed by atoms with E-state index in [4.69, 9.17) is 9.47 Å². The summed E-state index contributed by atoms with van der Waals surface area (Å²) in [6.45, 7) is 3.74. The number of carbonyl (C=O) groups is 1. The van der Waals surface area contributed by atoms with E-state index in [9.17, 15) is 30.3 Å². The highest BCUT2D eigenvalue weighted by Crippen LogP contribution is 2.23. The van der Waals surface area contributed by atoms with Crippen molar-refractivity contribution in [3.05, 3.63) is 60.8 Å². The number of hydrogen-bond acceptors (Lipinski definition) is 8. The average molecular weight is 959 g/mol. The van der Waals surface area contributed by atoms with Gasteiger partial charge in [-0.3, -0.25) is 4.79 Å². The number of nitrogens with one attached hydrogen (secondary N) is 1. The summed E-state index contributed by atoms with van der Waals surface area (Å²) < 4.78 is 11.2. The predicted molar refractivity (Wildman–Crippen MR) is 286 cm³/mol. The molecule has 0 bridgehead atoms. The molecule has 7 atom stereocenters. The van der Waals surface area contributed by atoms with Crippen molar-refractivity contribution in [3.8, 4) is 0 Å². The van der Waals surface area contributed by atoms with Gasteiger partial charge in [-0.1, -0.05) is 229 Å². The Hall–Kier alpha value is -2.11. The number of ether oxygens (including phenoxy) is 2. The lowest BCUT2D eigenvalue weighted by Gasteiger charge is -2.40. The van der Waals surface area contributed by atoms with E-state index in [1.807, 2.05) is 6.08 Å². The number of carbonyl (C=O) groups excluding carboxylic acids is 1. The first-order valence-electron chi connectivity index (χ1n) is 28.5. The van der Waals surface area contributed by atoms with Gasteiger partial charge >= 0.3 is 0 Å². The van der Waals surface area contributed by atoms with Crippen molar-refractivity contribution in [2.75, 3.05) is 13.2 Å². The minimum Gasteiger partial charge on any atom is -0.394 e. The highest BCUT2D eigenvalue weighted by atomic mass is 16.7. The van der Waals surface area contributed by atoms with Crippen LogP contribution in [0.15, 0.2) is 60.8 Å². The van der Waals surface area contributed by atoms with Crippen LogP contribution in [0.5, 0.6) is 0 Å². The van der Waals surface area contributed by atoms with Crippen molar-refractivity contribution in [1.82, 2.24) is 5.32 Å². The zero-order valence-corrected chi connectivity index (χ0v) is 43.9. The third-order valence-electron chi connectivity index (χ3n) is 13.3. The maximum atomic E-state index is 13.0. The van der Waals surface area contributed by atoms with Crippen LogP contribution in [0, 0.1) is 0 Å². The second kappa shape index (κ2) is 48.5. The van der Waals surface area contributed by atoms with Crippen molar-refractivity contribution in [3.63, 3.8) is 0 Å². The van der Waals surface area contributed by atoms with Crippen LogP contribution in [0.2, 0.25) is 0 Å².